The summed E-state index contributed by atoms with van der Waals surface area (Å²) in [6.07, 6.45) is -5.09. The fourth-order valence-corrected chi connectivity index (χ4v) is 3.39. The molecule has 3 rings (SSSR count). The molecule has 26 heavy (non-hydrogen) atoms. The molecule has 1 aromatic heterocycles. The van der Waals surface area contributed by atoms with Gasteiger partial charge >= 0.3 is 6.18 Å². The number of ether oxygens (including phenoxy) is 2. The van der Waals surface area contributed by atoms with E-state index in [-0.39, 0.29) is 12.2 Å². The maximum atomic E-state index is 13.6. The number of hydrogen-bond donors (Lipinski definition) is 0. The van der Waals surface area contributed by atoms with E-state index in [1.54, 1.807) is 6.07 Å². The Kier molecular flexibility index (Phi) is 5.04. The Hall–Kier alpha value is -2.35. The minimum absolute atomic E-state index is 0.0274. The van der Waals surface area contributed by atoms with E-state index in [0.29, 0.717) is 29.6 Å². The summed E-state index contributed by atoms with van der Waals surface area (Å²) in [7, 11) is 0. The molecule has 2 nitrogen and oxygen atoms in total. The summed E-state index contributed by atoms with van der Waals surface area (Å²) in [6, 6.07) is 8.50. The van der Waals surface area contributed by atoms with Crippen LogP contribution < -0.4 is 9.47 Å². The molecule has 0 fully saturated rings. The molecule has 0 radical (unpaired) electrons. The third kappa shape index (κ3) is 3.90. The highest BCUT2D eigenvalue weighted by atomic mass is 32.1. The Labute approximate surface area is 149 Å². The van der Waals surface area contributed by atoms with Crippen molar-refractivity contribution in [2.45, 2.75) is 19.7 Å². The van der Waals surface area contributed by atoms with Gasteiger partial charge in [0.1, 0.15) is 29.6 Å². The summed E-state index contributed by atoms with van der Waals surface area (Å²) in [6.45, 7) is 2.15. The second-order valence-electron chi connectivity index (χ2n) is 5.42. The van der Waals surface area contributed by atoms with E-state index in [4.69, 9.17) is 9.47 Å². The van der Waals surface area contributed by atoms with Gasteiger partial charge in [-0.25, -0.2) is 8.78 Å². The molecular formula is C18H13F5O2S. The van der Waals surface area contributed by atoms with E-state index in [1.165, 1.54) is 11.3 Å². The van der Waals surface area contributed by atoms with E-state index in [2.05, 4.69) is 0 Å². The standard InChI is InChI=1S/C18H13F5O2S/c1-2-24-12-4-3-11-7-16(26-15(11)8-12)25-9-10-5-13(19)17(14(20)6-10)18(21,22)23/h3-8H,2,9H2,1H3. The number of alkyl halides is 3. The van der Waals surface area contributed by atoms with Gasteiger partial charge in [-0.2, -0.15) is 13.2 Å². The lowest BCUT2D eigenvalue weighted by molar-refractivity contribution is -0.142. The summed E-state index contributed by atoms with van der Waals surface area (Å²) >= 11 is 1.30. The van der Waals surface area contributed by atoms with Gasteiger partial charge in [0.15, 0.2) is 5.06 Å². The minimum Gasteiger partial charge on any atom is -0.494 e. The van der Waals surface area contributed by atoms with Crippen molar-refractivity contribution in [3.8, 4) is 10.8 Å². The first-order chi connectivity index (χ1) is 12.3. The predicted octanol–water partition coefficient (Wildman–Crippen LogP) is 6.18. The molecule has 0 spiro atoms. The van der Waals surface area contributed by atoms with Gasteiger partial charge in [-0.1, -0.05) is 11.3 Å². The zero-order chi connectivity index (χ0) is 18.9. The molecule has 0 aliphatic heterocycles. The van der Waals surface area contributed by atoms with Crippen molar-refractivity contribution in [2.24, 2.45) is 0 Å². The molecule has 3 aromatic rings. The molecule has 2 aromatic carbocycles. The van der Waals surface area contributed by atoms with Gasteiger partial charge < -0.3 is 9.47 Å². The highest BCUT2D eigenvalue weighted by molar-refractivity contribution is 7.20. The number of hydrogen-bond acceptors (Lipinski definition) is 3. The van der Waals surface area contributed by atoms with Crippen molar-refractivity contribution in [1.82, 2.24) is 0 Å². The van der Waals surface area contributed by atoms with Gasteiger partial charge in [-0.15, -0.1) is 0 Å². The fourth-order valence-electron chi connectivity index (χ4n) is 2.45. The SMILES string of the molecule is CCOc1ccc2cc(OCc3cc(F)c(C(F)(F)F)c(F)c3)sc2c1. The van der Waals surface area contributed by atoms with Crippen LogP contribution >= 0.6 is 11.3 Å². The number of halogens is 5. The average Bonchev–Trinajstić information content (AvgIpc) is 2.93. The van der Waals surface area contributed by atoms with Crippen molar-refractivity contribution in [3.63, 3.8) is 0 Å². The Balaban J connectivity index is 1.77. The molecule has 0 aliphatic carbocycles. The largest absolute Gasteiger partial charge is 0.494 e. The summed E-state index contributed by atoms with van der Waals surface area (Å²) in [5, 5.41) is 1.38. The van der Waals surface area contributed by atoms with Gasteiger partial charge in [-0.3, -0.25) is 0 Å². The van der Waals surface area contributed by atoms with Crippen molar-refractivity contribution >= 4 is 21.4 Å². The summed E-state index contributed by atoms with van der Waals surface area (Å²) in [5.41, 5.74) is -1.92. The number of benzene rings is 2. The molecule has 0 atom stereocenters. The van der Waals surface area contributed by atoms with Crippen LogP contribution in [0.25, 0.3) is 10.1 Å². The molecule has 0 unspecified atom stereocenters. The van der Waals surface area contributed by atoms with Crippen molar-refractivity contribution in [3.05, 3.63) is 59.2 Å². The van der Waals surface area contributed by atoms with Crippen LogP contribution in [0.5, 0.6) is 10.8 Å². The van der Waals surface area contributed by atoms with Crippen LogP contribution in [0.1, 0.15) is 18.1 Å². The number of fused-ring (bicyclic) bond motifs is 1. The Morgan fingerprint density at radius 1 is 0.962 bits per heavy atom. The maximum absolute atomic E-state index is 13.6. The van der Waals surface area contributed by atoms with Gasteiger partial charge in [0.25, 0.3) is 0 Å². The number of thiophene rings is 1. The highest BCUT2D eigenvalue weighted by Crippen LogP contribution is 2.36. The van der Waals surface area contributed by atoms with Crippen LogP contribution in [0.2, 0.25) is 0 Å². The second-order valence-corrected chi connectivity index (χ2v) is 6.47. The Morgan fingerprint density at radius 3 is 2.27 bits per heavy atom. The lowest BCUT2D eigenvalue weighted by Crippen LogP contribution is -2.12. The van der Waals surface area contributed by atoms with Crippen LogP contribution in [0.4, 0.5) is 22.0 Å². The molecule has 0 saturated carbocycles. The molecule has 0 bridgehead atoms. The van der Waals surface area contributed by atoms with Crippen molar-refractivity contribution in [2.75, 3.05) is 6.61 Å². The summed E-state index contributed by atoms with van der Waals surface area (Å²) < 4.78 is 76.7. The van der Waals surface area contributed by atoms with Gasteiger partial charge in [0.2, 0.25) is 0 Å². The first-order valence-corrected chi connectivity index (χ1v) is 8.44. The van der Waals surface area contributed by atoms with E-state index in [1.807, 2.05) is 25.1 Å². The van der Waals surface area contributed by atoms with Crippen LogP contribution in [0, 0.1) is 11.6 Å². The van der Waals surface area contributed by atoms with E-state index in [0.717, 1.165) is 10.1 Å². The van der Waals surface area contributed by atoms with E-state index >= 15 is 0 Å². The minimum atomic E-state index is -5.09. The normalized spacial score (nSPS) is 11.8. The quantitative estimate of drug-likeness (QED) is 0.486. The predicted molar refractivity (Wildman–Crippen MR) is 88.7 cm³/mol. The smallest absolute Gasteiger partial charge is 0.422 e. The van der Waals surface area contributed by atoms with Crippen molar-refractivity contribution < 1.29 is 31.4 Å². The van der Waals surface area contributed by atoms with Crippen LogP contribution in [-0.4, -0.2) is 6.61 Å². The third-order valence-electron chi connectivity index (χ3n) is 3.55. The lowest BCUT2D eigenvalue weighted by atomic mass is 10.1. The molecule has 0 saturated heterocycles. The van der Waals surface area contributed by atoms with Gasteiger partial charge in [-0.05, 0) is 54.3 Å². The molecule has 138 valence electrons. The monoisotopic (exact) mass is 388 g/mol. The maximum Gasteiger partial charge on any atom is 0.422 e. The average molecular weight is 388 g/mol. The highest BCUT2D eigenvalue weighted by Gasteiger charge is 2.37. The van der Waals surface area contributed by atoms with E-state index < -0.39 is 23.4 Å². The first-order valence-electron chi connectivity index (χ1n) is 7.62. The molecule has 8 heteroatoms. The Bertz CT molecular complexity index is 910. The summed E-state index contributed by atoms with van der Waals surface area (Å²) in [4.78, 5) is 0. The zero-order valence-corrected chi connectivity index (χ0v) is 14.3. The number of rotatable bonds is 5. The molecule has 0 N–H and O–H groups in total. The van der Waals surface area contributed by atoms with Crippen molar-refractivity contribution in [1.29, 1.82) is 0 Å². The molecular weight excluding hydrogens is 375 g/mol. The molecule has 1 heterocycles. The van der Waals surface area contributed by atoms with Crippen LogP contribution in [0.3, 0.4) is 0 Å². The van der Waals surface area contributed by atoms with E-state index in [9.17, 15) is 22.0 Å². The Morgan fingerprint density at radius 2 is 1.65 bits per heavy atom. The first kappa shape index (κ1) is 18.4. The second kappa shape index (κ2) is 7.11. The van der Waals surface area contributed by atoms with Gasteiger partial charge in [0, 0.05) is 4.70 Å². The zero-order valence-electron chi connectivity index (χ0n) is 13.5. The third-order valence-corrected chi connectivity index (χ3v) is 4.56. The fraction of sp³-hybridized carbons (Fsp3) is 0.222. The van der Waals surface area contributed by atoms with Crippen LogP contribution in [-0.2, 0) is 12.8 Å². The van der Waals surface area contributed by atoms with Gasteiger partial charge in [0.05, 0.1) is 6.61 Å². The molecule has 0 aliphatic rings. The topological polar surface area (TPSA) is 18.5 Å². The van der Waals surface area contributed by atoms with Crippen LogP contribution in [0.15, 0.2) is 36.4 Å². The molecule has 0 amide bonds. The lowest BCUT2D eigenvalue weighted by Gasteiger charge is -2.11. The summed E-state index contributed by atoms with van der Waals surface area (Å²) in [5.74, 6) is -2.61.